The average molecular weight is 434 g/mol. The molecule has 0 spiro atoms. The van der Waals surface area contributed by atoms with Crippen LogP contribution in [0.25, 0.3) is 0 Å². The SMILES string of the molecule is CN(Cc1ccccc1)C(=O)c1cn[nH]c1C1CCCN(C(=O)COc2ccccn2)C1. The zero-order valence-electron chi connectivity index (χ0n) is 18.1. The largest absolute Gasteiger partial charge is 0.468 e. The number of piperidine rings is 1. The van der Waals surface area contributed by atoms with Crippen LogP contribution in [0.3, 0.4) is 0 Å². The first-order valence-electron chi connectivity index (χ1n) is 10.8. The highest BCUT2D eigenvalue weighted by molar-refractivity contribution is 5.95. The summed E-state index contributed by atoms with van der Waals surface area (Å²) < 4.78 is 5.51. The maximum atomic E-state index is 13.1. The molecule has 0 bridgehead atoms. The molecule has 1 aliphatic rings. The third-order valence-electron chi connectivity index (χ3n) is 5.67. The van der Waals surface area contributed by atoms with Gasteiger partial charge in [0.15, 0.2) is 6.61 Å². The van der Waals surface area contributed by atoms with Crippen molar-refractivity contribution >= 4 is 11.8 Å². The average Bonchev–Trinajstić information content (AvgIpc) is 3.33. The molecule has 8 heteroatoms. The van der Waals surface area contributed by atoms with Crippen LogP contribution in [0.15, 0.2) is 60.9 Å². The van der Waals surface area contributed by atoms with Gasteiger partial charge in [-0.1, -0.05) is 36.4 Å². The number of amides is 2. The number of pyridine rings is 1. The molecule has 0 radical (unpaired) electrons. The van der Waals surface area contributed by atoms with Crippen molar-refractivity contribution in [2.45, 2.75) is 25.3 Å². The van der Waals surface area contributed by atoms with E-state index in [1.54, 1.807) is 41.4 Å². The molecule has 1 fully saturated rings. The first-order valence-corrected chi connectivity index (χ1v) is 10.8. The summed E-state index contributed by atoms with van der Waals surface area (Å²) in [6, 6.07) is 15.2. The zero-order valence-corrected chi connectivity index (χ0v) is 18.1. The molecule has 32 heavy (non-hydrogen) atoms. The quantitative estimate of drug-likeness (QED) is 0.619. The first-order chi connectivity index (χ1) is 15.6. The van der Waals surface area contributed by atoms with E-state index >= 15 is 0 Å². The molecular weight excluding hydrogens is 406 g/mol. The van der Waals surface area contributed by atoms with Crippen LogP contribution in [0.1, 0.15) is 40.4 Å². The number of carbonyl (C=O) groups is 2. The molecule has 1 unspecified atom stereocenters. The molecule has 2 amide bonds. The Morgan fingerprint density at radius 2 is 2.00 bits per heavy atom. The van der Waals surface area contributed by atoms with Crippen LogP contribution in [-0.4, -0.2) is 63.5 Å². The number of rotatable bonds is 7. The molecular formula is C24H27N5O3. The summed E-state index contributed by atoms with van der Waals surface area (Å²) in [5.41, 5.74) is 2.42. The van der Waals surface area contributed by atoms with E-state index in [0.717, 1.165) is 24.1 Å². The first kappa shape index (κ1) is 21.5. The van der Waals surface area contributed by atoms with Crippen molar-refractivity contribution < 1.29 is 14.3 Å². The van der Waals surface area contributed by atoms with Crippen LogP contribution < -0.4 is 4.74 Å². The van der Waals surface area contributed by atoms with E-state index in [0.29, 0.717) is 31.1 Å². The van der Waals surface area contributed by atoms with Gasteiger partial charge in [0.2, 0.25) is 5.88 Å². The number of aromatic nitrogens is 3. The lowest BCUT2D eigenvalue weighted by atomic mass is 9.92. The molecule has 1 aromatic carbocycles. The van der Waals surface area contributed by atoms with Crippen molar-refractivity contribution in [2.75, 3.05) is 26.7 Å². The minimum Gasteiger partial charge on any atom is -0.468 e. The summed E-state index contributed by atoms with van der Waals surface area (Å²) in [6.07, 6.45) is 4.95. The molecule has 1 aliphatic heterocycles. The second-order valence-corrected chi connectivity index (χ2v) is 7.98. The van der Waals surface area contributed by atoms with E-state index in [1.807, 2.05) is 36.4 Å². The third kappa shape index (κ3) is 5.14. The van der Waals surface area contributed by atoms with E-state index in [2.05, 4.69) is 15.2 Å². The Balaban J connectivity index is 1.39. The predicted molar refractivity (Wildman–Crippen MR) is 119 cm³/mol. The lowest BCUT2D eigenvalue weighted by molar-refractivity contribution is -0.134. The maximum Gasteiger partial charge on any atom is 0.260 e. The van der Waals surface area contributed by atoms with Crippen molar-refractivity contribution in [3.63, 3.8) is 0 Å². The van der Waals surface area contributed by atoms with Crippen LogP contribution in [0.5, 0.6) is 5.88 Å². The molecule has 166 valence electrons. The van der Waals surface area contributed by atoms with Gasteiger partial charge in [0.05, 0.1) is 17.5 Å². The normalized spacial score (nSPS) is 15.9. The number of likely N-dealkylation sites (tertiary alicyclic amines) is 1. The van der Waals surface area contributed by atoms with E-state index in [9.17, 15) is 9.59 Å². The number of hydrogen-bond acceptors (Lipinski definition) is 5. The Labute approximate surface area is 187 Å². The Morgan fingerprint density at radius 3 is 2.78 bits per heavy atom. The summed E-state index contributed by atoms with van der Waals surface area (Å²) >= 11 is 0. The summed E-state index contributed by atoms with van der Waals surface area (Å²) in [4.78, 5) is 33.4. The molecule has 1 saturated heterocycles. The Hall–Kier alpha value is -3.68. The molecule has 4 rings (SSSR count). The molecule has 8 nitrogen and oxygen atoms in total. The fourth-order valence-corrected chi connectivity index (χ4v) is 4.01. The highest BCUT2D eigenvalue weighted by Gasteiger charge is 2.30. The highest BCUT2D eigenvalue weighted by atomic mass is 16.5. The van der Waals surface area contributed by atoms with Crippen molar-refractivity contribution in [3.05, 3.63) is 77.7 Å². The number of nitrogens with zero attached hydrogens (tertiary/aromatic N) is 4. The van der Waals surface area contributed by atoms with E-state index in [1.165, 1.54) is 0 Å². The molecule has 1 N–H and O–H groups in total. The minimum atomic E-state index is -0.0889. The number of ether oxygens (including phenoxy) is 1. The van der Waals surface area contributed by atoms with E-state index in [-0.39, 0.29) is 24.3 Å². The van der Waals surface area contributed by atoms with Gasteiger partial charge in [0.25, 0.3) is 11.8 Å². The fourth-order valence-electron chi connectivity index (χ4n) is 4.01. The summed E-state index contributed by atoms with van der Waals surface area (Å²) in [5.74, 6) is 0.278. The van der Waals surface area contributed by atoms with Crippen LogP contribution in [0.4, 0.5) is 0 Å². The number of benzene rings is 1. The van der Waals surface area contributed by atoms with Crippen LogP contribution in [0.2, 0.25) is 0 Å². The predicted octanol–water partition coefficient (Wildman–Crippen LogP) is 2.86. The van der Waals surface area contributed by atoms with Crippen molar-refractivity contribution in [3.8, 4) is 5.88 Å². The monoisotopic (exact) mass is 433 g/mol. The second-order valence-electron chi connectivity index (χ2n) is 7.98. The molecule has 1 atom stereocenters. The lowest BCUT2D eigenvalue weighted by Gasteiger charge is -2.32. The van der Waals surface area contributed by atoms with Crippen molar-refractivity contribution in [1.29, 1.82) is 0 Å². The van der Waals surface area contributed by atoms with Crippen LogP contribution >= 0.6 is 0 Å². The zero-order chi connectivity index (χ0) is 22.3. The van der Waals surface area contributed by atoms with Gasteiger partial charge in [-0.25, -0.2) is 4.98 Å². The van der Waals surface area contributed by atoms with E-state index in [4.69, 9.17) is 4.74 Å². The van der Waals surface area contributed by atoms with Gasteiger partial charge in [-0.15, -0.1) is 0 Å². The van der Waals surface area contributed by atoms with Gasteiger partial charge in [-0.3, -0.25) is 14.7 Å². The van der Waals surface area contributed by atoms with Gasteiger partial charge in [0.1, 0.15) is 0 Å². The maximum absolute atomic E-state index is 13.1. The minimum absolute atomic E-state index is 0.0223. The number of nitrogens with one attached hydrogen (secondary N) is 1. The summed E-state index contributed by atoms with van der Waals surface area (Å²) in [5, 5.41) is 7.16. The number of H-pyrrole nitrogens is 1. The number of aromatic amines is 1. The molecule has 0 saturated carbocycles. The summed E-state index contributed by atoms with van der Waals surface area (Å²) in [6.45, 7) is 1.66. The Morgan fingerprint density at radius 1 is 1.19 bits per heavy atom. The fraction of sp³-hybridized carbons (Fsp3) is 0.333. The van der Waals surface area contributed by atoms with Crippen molar-refractivity contribution in [1.82, 2.24) is 25.0 Å². The summed E-state index contributed by atoms with van der Waals surface area (Å²) in [7, 11) is 1.79. The van der Waals surface area contributed by atoms with Crippen LogP contribution in [-0.2, 0) is 11.3 Å². The topological polar surface area (TPSA) is 91.4 Å². The molecule has 0 aliphatic carbocycles. The lowest BCUT2D eigenvalue weighted by Crippen LogP contribution is -2.42. The molecule has 2 aromatic heterocycles. The smallest absolute Gasteiger partial charge is 0.260 e. The van der Waals surface area contributed by atoms with Gasteiger partial charge < -0.3 is 14.5 Å². The Kier molecular flexibility index (Phi) is 6.79. The highest BCUT2D eigenvalue weighted by Crippen LogP contribution is 2.28. The molecule has 3 heterocycles. The van der Waals surface area contributed by atoms with Crippen molar-refractivity contribution in [2.24, 2.45) is 0 Å². The number of hydrogen-bond donors (Lipinski definition) is 1. The standard InChI is InChI=1S/C24H27N5O3/c1-28(15-18-8-3-2-4-9-18)24(31)20-14-26-27-23(20)19-10-7-13-29(16-19)22(30)17-32-21-11-5-6-12-25-21/h2-6,8-9,11-12,14,19H,7,10,13,15-17H2,1H3,(H,26,27). The van der Waals surface area contributed by atoms with E-state index < -0.39 is 0 Å². The van der Waals surface area contributed by atoms with Gasteiger partial charge in [-0.05, 0) is 24.5 Å². The second kappa shape index (κ2) is 10.1. The Bertz CT molecular complexity index is 1040. The van der Waals surface area contributed by atoms with Gasteiger partial charge in [-0.2, -0.15) is 5.10 Å². The van der Waals surface area contributed by atoms with Gasteiger partial charge in [0, 0.05) is 44.9 Å². The van der Waals surface area contributed by atoms with Gasteiger partial charge >= 0.3 is 0 Å². The third-order valence-corrected chi connectivity index (χ3v) is 5.67. The van der Waals surface area contributed by atoms with Crippen LogP contribution in [0, 0.1) is 0 Å². The number of carbonyl (C=O) groups excluding carboxylic acids is 2. The molecule has 3 aromatic rings.